The number of benzene rings is 3. The van der Waals surface area contributed by atoms with Gasteiger partial charge in [0.2, 0.25) is 10.0 Å². The van der Waals surface area contributed by atoms with Crippen LogP contribution in [0, 0.1) is 0 Å². The van der Waals surface area contributed by atoms with Crippen molar-refractivity contribution < 1.29 is 13.5 Å². The van der Waals surface area contributed by atoms with Crippen molar-refractivity contribution in [3.63, 3.8) is 0 Å². The lowest BCUT2D eigenvalue weighted by Crippen LogP contribution is -2.47. The van der Waals surface area contributed by atoms with Gasteiger partial charge >= 0.3 is 0 Å². The molecule has 0 aliphatic heterocycles. The van der Waals surface area contributed by atoms with Crippen molar-refractivity contribution >= 4 is 36.7 Å². The molecule has 0 spiro atoms. The van der Waals surface area contributed by atoms with Gasteiger partial charge in [-0.1, -0.05) is 64.5 Å². The number of sulfonamides is 1. The molecule has 0 aliphatic carbocycles. The third kappa shape index (κ3) is 6.37. The fraction of sp³-hybridized carbons (Fsp3) is 0.333. The predicted octanol–water partition coefficient (Wildman–Crippen LogP) is 4.19. The molecule has 0 amide bonds. The normalized spacial score (nSPS) is 13.6. The Morgan fingerprint density at radius 3 is 2.45 bits per heavy atom. The lowest BCUT2D eigenvalue weighted by molar-refractivity contribution is 0.139. The smallest absolute Gasteiger partial charge is 0.242 e. The van der Waals surface area contributed by atoms with Crippen LogP contribution in [0.1, 0.15) is 19.4 Å². The third-order valence-corrected chi connectivity index (χ3v) is 7.56. The Balaban J connectivity index is 1.57. The number of rotatable bonds is 9. The maximum Gasteiger partial charge on any atom is 0.242 e. The highest BCUT2D eigenvalue weighted by Crippen LogP contribution is 2.21. The van der Waals surface area contributed by atoms with E-state index in [2.05, 4.69) is 65.4 Å². The predicted molar refractivity (Wildman–Crippen MR) is 130 cm³/mol. The van der Waals surface area contributed by atoms with Gasteiger partial charge in [0.15, 0.2) is 0 Å². The number of halogens is 1. The molecule has 31 heavy (non-hydrogen) atoms. The standard InChI is InChI=1S/C24H29BrN2O3S/c1-24(2,15-18-11-12-19-7-4-5-8-20(19)13-18)26-16-22(28)17-27(3)31(29,30)23-10-6-9-21(25)14-23/h4-14,22,26,28H,15-17H2,1-3H3. The fourth-order valence-electron chi connectivity index (χ4n) is 3.58. The number of nitrogens with zero attached hydrogens (tertiary/aromatic N) is 1. The van der Waals surface area contributed by atoms with Crippen molar-refractivity contribution in [3.8, 4) is 0 Å². The summed E-state index contributed by atoms with van der Waals surface area (Å²) in [6, 6.07) is 21.3. The van der Waals surface area contributed by atoms with E-state index in [0.717, 1.165) is 6.42 Å². The van der Waals surface area contributed by atoms with Gasteiger partial charge in [-0.05, 0) is 54.8 Å². The Kier molecular flexibility index (Phi) is 7.55. The van der Waals surface area contributed by atoms with Gasteiger partial charge in [-0.3, -0.25) is 0 Å². The number of β-amino-alcohol motifs (C(OH)–C–C–N with tert-alkyl or cyclic N) is 1. The summed E-state index contributed by atoms with van der Waals surface area (Å²) in [5.74, 6) is 0. The van der Waals surface area contributed by atoms with E-state index in [9.17, 15) is 13.5 Å². The first kappa shape index (κ1) is 23.9. The van der Waals surface area contributed by atoms with E-state index in [1.54, 1.807) is 24.3 Å². The Morgan fingerprint density at radius 2 is 1.74 bits per heavy atom. The number of hydrogen-bond donors (Lipinski definition) is 2. The van der Waals surface area contributed by atoms with Crippen LogP contribution in [0.25, 0.3) is 10.8 Å². The molecule has 1 unspecified atom stereocenters. The summed E-state index contributed by atoms with van der Waals surface area (Å²) in [5.41, 5.74) is 0.950. The van der Waals surface area contributed by atoms with Crippen LogP contribution in [0.2, 0.25) is 0 Å². The molecule has 0 bridgehead atoms. The fourth-order valence-corrected chi connectivity index (χ4v) is 5.39. The molecule has 0 aromatic heterocycles. The summed E-state index contributed by atoms with van der Waals surface area (Å²) in [6.07, 6.45) is -0.0423. The van der Waals surface area contributed by atoms with Gasteiger partial charge in [0.1, 0.15) is 0 Å². The minimum Gasteiger partial charge on any atom is -0.390 e. The Morgan fingerprint density at radius 1 is 1.03 bits per heavy atom. The zero-order chi connectivity index (χ0) is 22.6. The molecule has 0 aliphatic rings. The third-order valence-electron chi connectivity index (χ3n) is 5.25. The highest BCUT2D eigenvalue weighted by atomic mass is 79.9. The number of aliphatic hydroxyl groups is 1. The Bertz CT molecular complexity index is 1150. The van der Waals surface area contributed by atoms with Crippen molar-refractivity contribution in [1.82, 2.24) is 9.62 Å². The highest BCUT2D eigenvalue weighted by molar-refractivity contribution is 9.10. The number of aliphatic hydroxyl groups excluding tert-OH is 1. The van der Waals surface area contributed by atoms with E-state index in [0.29, 0.717) is 11.0 Å². The molecule has 7 heteroatoms. The SMILES string of the molecule is CN(CC(O)CNC(C)(C)Cc1ccc2ccccc2c1)S(=O)(=O)c1cccc(Br)c1. The zero-order valence-corrected chi connectivity index (χ0v) is 20.4. The molecule has 5 nitrogen and oxygen atoms in total. The first-order valence-electron chi connectivity index (χ1n) is 10.2. The van der Waals surface area contributed by atoms with Crippen molar-refractivity contribution in [2.75, 3.05) is 20.1 Å². The summed E-state index contributed by atoms with van der Waals surface area (Å²) >= 11 is 3.30. The minimum atomic E-state index is -3.66. The molecular formula is C24H29BrN2O3S. The van der Waals surface area contributed by atoms with Crippen LogP contribution in [0.4, 0.5) is 0 Å². The molecule has 0 saturated heterocycles. The summed E-state index contributed by atoms with van der Waals surface area (Å²) < 4.78 is 27.4. The van der Waals surface area contributed by atoms with E-state index in [-0.39, 0.29) is 17.0 Å². The molecule has 3 rings (SSSR count). The van der Waals surface area contributed by atoms with Crippen LogP contribution < -0.4 is 5.32 Å². The molecule has 1 atom stereocenters. The van der Waals surface area contributed by atoms with Gasteiger partial charge < -0.3 is 10.4 Å². The second kappa shape index (κ2) is 9.79. The van der Waals surface area contributed by atoms with Crippen molar-refractivity contribution in [2.24, 2.45) is 0 Å². The van der Waals surface area contributed by atoms with E-state index in [1.807, 2.05) is 12.1 Å². The second-order valence-corrected chi connectivity index (χ2v) is 11.5. The lowest BCUT2D eigenvalue weighted by atomic mass is 9.93. The molecule has 0 heterocycles. The Hall–Kier alpha value is -1.77. The monoisotopic (exact) mass is 504 g/mol. The van der Waals surface area contributed by atoms with E-state index in [4.69, 9.17) is 0 Å². The van der Waals surface area contributed by atoms with Gasteiger partial charge in [0.25, 0.3) is 0 Å². The van der Waals surface area contributed by atoms with Gasteiger partial charge in [-0.2, -0.15) is 4.31 Å². The van der Waals surface area contributed by atoms with E-state index >= 15 is 0 Å². The number of likely N-dealkylation sites (N-methyl/N-ethyl adjacent to an activating group) is 1. The maximum absolute atomic E-state index is 12.7. The topological polar surface area (TPSA) is 69.6 Å². The van der Waals surface area contributed by atoms with E-state index in [1.165, 1.54) is 27.7 Å². The van der Waals surface area contributed by atoms with Gasteiger partial charge in [0.05, 0.1) is 11.0 Å². The summed E-state index contributed by atoms with van der Waals surface area (Å²) in [4.78, 5) is 0.196. The van der Waals surface area contributed by atoms with Crippen LogP contribution in [0.15, 0.2) is 76.1 Å². The van der Waals surface area contributed by atoms with Gasteiger partial charge in [-0.15, -0.1) is 0 Å². The molecule has 3 aromatic rings. The molecule has 166 valence electrons. The zero-order valence-electron chi connectivity index (χ0n) is 18.0. The molecule has 0 saturated carbocycles. The van der Waals surface area contributed by atoms with Crippen LogP contribution in [-0.2, 0) is 16.4 Å². The molecule has 0 radical (unpaired) electrons. The lowest BCUT2D eigenvalue weighted by Gasteiger charge is -2.29. The summed E-state index contributed by atoms with van der Waals surface area (Å²) in [7, 11) is -2.18. The van der Waals surface area contributed by atoms with Crippen LogP contribution >= 0.6 is 15.9 Å². The summed E-state index contributed by atoms with van der Waals surface area (Å²) in [5, 5.41) is 16.3. The molecule has 3 aromatic carbocycles. The molecule has 2 N–H and O–H groups in total. The number of hydrogen-bond acceptors (Lipinski definition) is 4. The molecular weight excluding hydrogens is 476 g/mol. The van der Waals surface area contributed by atoms with Crippen LogP contribution in [-0.4, -0.2) is 49.6 Å². The maximum atomic E-state index is 12.7. The largest absolute Gasteiger partial charge is 0.390 e. The second-order valence-electron chi connectivity index (χ2n) is 8.52. The number of nitrogens with one attached hydrogen (secondary N) is 1. The summed E-state index contributed by atoms with van der Waals surface area (Å²) in [6.45, 7) is 4.46. The van der Waals surface area contributed by atoms with Gasteiger partial charge in [-0.25, -0.2) is 8.42 Å². The molecule has 0 fully saturated rings. The van der Waals surface area contributed by atoms with Gasteiger partial charge in [0, 0.05) is 30.1 Å². The van der Waals surface area contributed by atoms with Crippen LogP contribution in [0.3, 0.4) is 0 Å². The highest BCUT2D eigenvalue weighted by Gasteiger charge is 2.25. The first-order chi connectivity index (χ1) is 14.6. The first-order valence-corrected chi connectivity index (χ1v) is 12.4. The van der Waals surface area contributed by atoms with Crippen molar-refractivity contribution in [3.05, 3.63) is 76.8 Å². The minimum absolute atomic E-state index is 0.00784. The average Bonchev–Trinajstić information content (AvgIpc) is 2.72. The van der Waals surface area contributed by atoms with E-state index < -0.39 is 16.1 Å². The van der Waals surface area contributed by atoms with Crippen LogP contribution in [0.5, 0.6) is 0 Å². The van der Waals surface area contributed by atoms with Crippen molar-refractivity contribution in [1.29, 1.82) is 0 Å². The van der Waals surface area contributed by atoms with Crippen molar-refractivity contribution in [2.45, 2.75) is 36.8 Å². The average molecular weight is 505 g/mol. The quantitative estimate of drug-likeness (QED) is 0.458. The Labute approximate surface area is 193 Å². The number of fused-ring (bicyclic) bond motifs is 1.